The minimum atomic E-state index is 0.0281. The first-order valence-electron chi connectivity index (χ1n) is 6.40. The molecule has 0 bridgehead atoms. The van der Waals surface area contributed by atoms with Gasteiger partial charge in [-0.3, -0.25) is 9.78 Å². The maximum Gasteiger partial charge on any atom is 0.184 e. The Morgan fingerprint density at radius 2 is 1.95 bits per heavy atom. The van der Waals surface area contributed by atoms with Gasteiger partial charge in [-0.05, 0) is 18.5 Å². The molecule has 0 aliphatic heterocycles. The van der Waals surface area contributed by atoms with Gasteiger partial charge in [-0.15, -0.1) is 0 Å². The van der Waals surface area contributed by atoms with Crippen molar-refractivity contribution < 1.29 is 4.79 Å². The summed E-state index contributed by atoms with van der Waals surface area (Å²) in [5.74, 6) is 0.0281. The van der Waals surface area contributed by atoms with Crippen LogP contribution in [0, 0.1) is 0 Å². The Kier molecular flexibility index (Phi) is 5.19. The van der Waals surface area contributed by atoms with Crippen LogP contribution in [0.15, 0.2) is 48.9 Å². The van der Waals surface area contributed by atoms with Crippen molar-refractivity contribution in [3.63, 3.8) is 0 Å². The monoisotopic (exact) mass is 255 g/mol. The smallest absolute Gasteiger partial charge is 0.184 e. The number of carbonyl (C=O) groups is 1. The van der Waals surface area contributed by atoms with E-state index >= 15 is 0 Å². The molecule has 0 unspecified atom stereocenters. The van der Waals surface area contributed by atoms with Gasteiger partial charge in [-0.25, -0.2) is 4.98 Å². The van der Waals surface area contributed by atoms with E-state index in [4.69, 9.17) is 0 Å². The fourth-order valence-electron chi connectivity index (χ4n) is 1.78. The van der Waals surface area contributed by atoms with Gasteiger partial charge in [0.2, 0.25) is 0 Å². The van der Waals surface area contributed by atoms with Crippen molar-refractivity contribution in [2.45, 2.75) is 12.8 Å². The van der Waals surface area contributed by atoms with E-state index in [1.54, 1.807) is 6.20 Å². The SMILES string of the molecule is O=C(CCNCCc1ccccc1)c1cnccn1. The van der Waals surface area contributed by atoms with E-state index in [2.05, 4.69) is 27.4 Å². The van der Waals surface area contributed by atoms with Crippen LogP contribution in [0.5, 0.6) is 0 Å². The van der Waals surface area contributed by atoms with Gasteiger partial charge >= 0.3 is 0 Å². The molecule has 0 radical (unpaired) electrons. The molecule has 0 fully saturated rings. The maximum absolute atomic E-state index is 11.7. The van der Waals surface area contributed by atoms with E-state index in [1.165, 1.54) is 18.0 Å². The van der Waals surface area contributed by atoms with Crippen LogP contribution in [-0.4, -0.2) is 28.8 Å². The Balaban J connectivity index is 1.63. The highest BCUT2D eigenvalue weighted by Crippen LogP contribution is 1.99. The topological polar surface area (TPSA) is 54.9 Å². The van der Waals surface area contributed by atoms with Crippen LogP contribution in [0.3, 0.4) is 0 Å². The Morgan fingerprint density at radius 3 is 2.68 bits per heavy atom. The molecule has 1 N–H and O–H groups in total. The number of carbonyl (C=O) groups excluding carboxylic acids is 1. The normalized spacial score (nSPS) is 10.3. The molecule has 0 atom stereocenters. The summed E-state index contributed by atoms with van der Waals surface area (Å²) in [4.78, 5) is 19.6. The van der Waals surface area contributed by atoms with Gasteiger partial charge in [0.05, 0.1) is 6.20 Å². The van der Waals surface area contributed by atoms with Crippen molar-refractivity contribution in [1.29, 1.82) is 0 Å². The number of nitrogens with zero attached hydrogens (tertiary/aromatic N) is 2. The van der Waals surface area contributed by atoms with E-state index in [9.17, 15) is 4.79 Å². The fraction of sp³-hybridized carbons (Fsp3) is 0.267. The lowest BCUT2D eigenvalue weighted by Crippen LogP contribution is -2.21. The van der Waals surface area contributed by atoms with Gasteiger partial charge in [-0.2, -0.15) is 0 Å². The van der Waals surface area contributed by atoms with Crippen LogP contribution in [-0.2, 0) is 6.42 Å². The van der Waals surface area contributed by atoms with Gasteiger partial charge in [0.1, 0.15) is 5.69 Å². The molecular formula is C15H17N3O. The summed E-state index contributed by atoms with van der Waals surface area (Å²) in [5, 5.41) is 3.27. The van der Waals surface area contributed by atoms with Gasteiger partial charge in [-0.1, -0.05) is 30.3 Å². The third-order valence-corrected chi connectivity index (χ3v) is 2.81. The van der Waals surface area contributed by atoms with E-state index in [-0.39, 0.29) is 5.78 Å². The first kappa shape index (κ1) is 13.4. The largest absolute Gasteiger partial charge is 0.316 e. The molecule has 0 amide bonds. The molecule has 1 aromatic heterocycles. The molecule has 2 aromatic rings. The van der Waals surface area contributed by atoms with Crippen molar-refractivity contribution in [2.75, 3.05) is 13.1 Å². The molecular weight excluding hydrogens is 238 g/mol. The van der Waals surface area contributed by atoms with Crippen LogP contribution >= 0.6 is 0 Å². The molecule has 1 heterocycles. The lowest BCUT2D eigenvalue weighted by atomic mass is 10.1. The maximum atomic E-state index is 11.7. The van der Waals surface area contributed by atoms with E-state index in [0.29, 0.717) is 18.7 Å². The standard InChI is InChI=1S/C15H17N3O/c19-15(14-12-17-10-11-18-14)7-9-16-8-6-13-4-2-1-3-5-13/h1-5,10-12,16H,6-9H2. The first-order valence-corrected chi connectivity index (χ1v) is 6.40. The van der Waals surface area contributed by atoms with Crippen LogP contribution in [0.2, 0.25) is 0 Å². The highest BCUT2D eigenvalue weighted by molar-refractivity contribution is 5.93. The molecule has 0 aliphatic rings. The molecule has 1 aromatic carbocycles. The molecule has 4 nitrogen and oxygen atoms in total. The van der Waals surface area contributed by atoms with Crippen LogP contribution in [0.4, 0.5) is 0 Å². The van der Waals surface area contributed by atoms with Crippen molar-refractivity contribution in [1.82, 2.24) is 15.3 Å². The third kappa shape index (κ3) is 4.60. The number of aromatic nitrogens is 2. The van der Waals surface area contributed by atoms with Gasteiger partial charge < -0.3 is 5.32 Å². The minimum Gasteiger partial charge on any atom is -0.316 e. The molecule has 0 aliphatic carbocycles. The van der Waals surface area contributed by atoms with Crippen LogP contribution in [0.1, 0.15) is 22.5 Å². The Bertz CT molecular complexity index is 499. The second kappa shape index (κ2) is 7.38. The molecule has 2 rings (SSSR count). The molecule has 0 saturated carbocycles. The number of hydrogen-bond acceptors (Lipinski definition) is 4. The summed E-state index contributed by atoms with van der Waals surface area (Å²) in [6, 6.07) is 10.3. The predicted octanol–water partition coefficient (Wildman–Crippen LogP) is 1.88. The van der Waals surface area contributed by atoms with Crippen molar-refractivity contribution in [3.05, 3.63) is 60.2 Å². The summed E-state index contributed by atoms with van der Waals surface area (Å²) in [6.45, 7) is 1.54. The van der Waals surface area contributed by atoms with Gasteiger partial charge in [0.15, 0.2) is 5.78 Å². The minimum absolute atomic E-state index is 0.0281. The number of ketones is 1. The third-order valence-electron chi connectivity index (χ3n) is 2.81. The number of hydrogen-bond donors (Lipinski definition) is 1. The lowest BCUT2D eigenvalue weighted by Gasteiger charge is -2.04. The second-order valence-corrected chi connectivity index (χ2v) is 4.25. The summed E-state index contributed by atoms with van der Waals surface area (Å²) >= 11 is 0. The number of benzene rings is 1. The van der Waals surface area contributed by atoms with E-state index in [0.717, 1.165) is 13.0 Å². The highest BCUT2D eigenvalue weighted by Gasteiger charge is 2.05. The van der Waals surface area contributed by atoms with Gasteiger partial charge in [0, 0.05) is 25.4 Å². The molecule has 0 saturated heterocycles. The quantitative estimate of drug-likeness (QED) is 0.606. The Hall–Kier alpha value is -2.07. The Morgan fingerprint density at radius 1 is 1.11 bits per heavy atom. The molecule has 4 heteroatoms. The van der Waals surface area contributed by atoms with E-state index in [1.807, 2.05) is 18.2 Å². The zero-order valence-corrected chi connectivity index (χ0v) is 10.7. The van der Waals surface area contributed by atoms with Crippen molar-refractivity contribution >= 4 is 5.78 Å². The lowest BCUT2D eigenvalue weighted by molar-refractivity contribution is 0.0977. The van der Waals surface area contributed by atoms with Crippen LogP contribution in [0.25, 0.3) is 0 Å². The highest BCUT2D eigenvalue weighted by atomic mass is 16.1. The van der Waals surface area contributed by atoms with Crippen molar-refractivity contribution in [3.8, 4) is 0 Å². The molecule has 19 heavy (non-hydrogen) atoms. The van der Waals surface area contributed by atoms with E-state index < -0.39 is 0 Å². The zero-order valence-electron chi connectivity index (χ0n) is 10.7. The first-order chi connectivity index (χ1) is 9.36. The zero-order chi connectivity index (χ0) is 13.3. The number of Topliss-reactive ketones (excluding diaryl/α,β-unsaturated/α-hetero) is 1. The summed E-state index contributed by atoms with van der Waals surface area (Å²) in [6.07, 6.45) is 6.03. The molecule has 0 spiro atoms. The average Bonchev–Trinajstić information content (AvgIpc) is 2.49. The molecule has 98 valence electrons. The van der Waals surface area contributed by atoms with Gasteiger partial charge in [0.25, 0.3) is 0 Å². The number of rotatable bonds is 7. The average molecular weight is 255 g/mol. The number of nitrogens with one attached hydrogen (secondary N) is 1. The van der Waals surface area contributed by atoms with Crippen LogP contribution < -0.4 is 5.32 Å². The second-order valence-electron chi connectivity index (χ2n) is 4.25. The predicted molar refractivity (Wildman–Crippen MR) is 74.0 cm³/mol. The van der Waals surface area contributed by atoms with Crippen molar-refractivity contribution in [2.24, 2.45) is 0 Å². The summed E-state index contributed by atoms with van der Waals surface area (Å²) < 4.78 is 0. The summed E-state index contributed by atoms with van der Waals surface area (Å²) in [7, 11) is 0. The Labute approximate surface area is 112 Å². The fourth-order valence-corrected chi connectivity index (χ4v) is 1.78. The summed E-state index contributed by atoms with van der Waals surface area (Å²) in [5.41, 5.74) is 1.74.